The van der Waals surface area contributed by atoms with Crippen LogP contribution in [-0.4, -0.2) is 0 Å². The monoisotopic (exact) mass is 890 g/mol. The van der Waals surface area contributed by atoms with E-state index in [9.17, 15) is 0 Å². The molecule has 1 aliphatic heterocycles. The number of hydrogen-bond donors (Lipinski definition) is 0. The Morgan fingerprint density at radius 3 is 1.54 bits per heavy atom. The molecular weight excluding hydrogens is 856 g/mol. The van der Waals surface area contributed by atoms with Crippen molar-refractivity contribution in [2.45, 2.75) is 0 Å². The molecule has 9 aromatic carbocycles. The molecule has 0 aliphatic carbocycles. The third-order valence-electron chi connectivity index (χ3n) is 9.81. The van der Waals surface area contributed by atoms with Gasteiger partial charge >= 0.3 is 20.1 Å². The molecule has 0 saturated heterocycles. The normalized spacial score (nSPS) is 12.2. The number of nitrogens with zero attached hydrogens (tertiary/aromatic N) is 2. The van der Waals surface area contributed by atoms with Crippen LogP contribution in [0.1, 0.15) is 0 Å². The Kier molecular flexibility index (Phi) is 10.00. The average Bonchev–Trinajstić information content (AvgIpc) is 3.63. The zero-order valence-corrected chi connectivity index (χ0v) is 32.5. The Labute approximate surface area is 329 Å². The van der Waals surface area contributed by atoms with Gasteiger partial charge < -0.3 is 14.4 Å². The Bertz CT molecular complexity index is 2510. The average molecular weight is 890 g/mol. The van der Waals surface area contributed by atoms with Crippen LogP contribution < -0.4 is 25.7 Å². The summed E-state index contributed by atoms with van der Waals surface area (Å²) in [4.78, 5) is 4.37. The summed E-state index contributed by atoms with van der Waals surface area (Å²) in [5, 5.41) is 9.03. The first-order valence-electron chi connectivity index (χ1n) is 17.7. The van der Waals surface area contributed by atoms with E-state index in [4.69, 9.17) is 0 Å². The zero-order chi connectivity index (χ0) is 35.6. The number of anilines is 4. The molecule has 3 nitrogen and oxygen atoms in total. The first-order valence-corrected chi connectivity index (χ1v) is 19.4. The maximum atomic E-state index is 15.1. The molecule has 0 amide bonds. The van der Waals surface area contributed by atoms with Crippen molar-refractivity contribution in [1.82, 2.24) is 0 Å². The standard InChI is InChI=1S/C30H20OP.C19H14N2.Ir/c31-32(28-16-13-22-7-1-4-10-25(22)19-28,29-17-14-23-8-2-5-11-26(23)20-29)30-18-15-24-9-3-6-12-27(24)21-30;1-3-9-16(10-4-1)20-15-21(17-11-5-2-6-12-17)19-14-8-7-13-18(19)20;/h1-17,19-21H;1-11,13-15H;/q-1;-2;+3. The second-order valence-corrected chi connectivity index (χ2v) is 15.8. The van der Waals surface area contributed by atoms with Crippen molar-refractivity contribution < 1.29 is 24.7 Å². The number of rotatable bonds is 5. The summed E-state index contributed by atoms with van der Waals surface area (Å²) in [7, 11) is -3.15. The van der Waals surface area contributed by atoms with Gasteiger partial charge in [0.05, 0.1) is 0 Å². The van der Waals surface area contributed by atoms with E-state index >= 15 is 4.57 Å². The van der Waals surface area contributed by atoms with Crippen LogP contribution in [0.4, 0.5) is 22.7 Å². The van der Waals surface area contributed by atoms with Crippen LogP contribution in [0.5, 0.6) is 0 Å². The molecule has 9 aromatic rings. The van der Waals surface area contributed by atoms with Crippen LogP contribution >= 0.6 is 7.14 Å². The van der Waals surface area contributed by atoms with Crippen LogP contribution in [0, 0.1) is 18.8 Å². The third kappa shape index (κ3) is 6.66. The van der Waals surface area contributed by atoms with Gasteiger partial charge in [-0.2, -0.15) is 48.5 Å². The molecule has 1 aliphatic rings. The van der Waals surface area contributed by atoms with Gasteiger partial charge in [-0.1, -0.05) is 127 Å². The first kappa shape index (κ1) is 35.3. The Hall–Kier alpha value is -5.76. The minimum atomic E-state index is -3.15. The van der Waals surface area contributed by atoms with E-state index in [1.165, 1.54) is 11.4 Å². The van der Waals surface area contributed by atoms with Gasteiger partial charge in [-0.3, -0.25) is 0 Å². The molecule has 260 valence electrons. The van der Waals surface area contributed by atoms with E-state index in [-0.39, 0.29) is 20.1 Å². The Morgan fingerprint density at radius 2 is 0.944 bits per heavy atom. The predicted molar refractivity (Wildman–Crippen MR) is 224 cm³/mol. The minimum Gasteiger partial charge on any atom is -0.493 e. The van der Waals surface area contributed by atoms with E-state index in [0.717, 1.165) is 59.6 Å². The van der Waals surface area contributed by atoms with Crippen LogP contribution in [0.2, 0.25) is 0 Å². The van der Waals surface area contributed by atoms with Crippen molar-refractivity contribution >= 4 is 78.1 Å². The van der Waals surface area contributed by atoms with Crippen LogP contribution in [0.3, 0.4) is 0 Å². The fourth-order valence-corrected chi connectivity index (χ4v) is 9.73. The second-order valence-electron chi connectivity index (χ2n) is 13.0. The van der Waals surface area contributed by atoms with Gasteiger partial charge in [0.2, 0.25) is 0 Å². The fourth-order valence-electron chi connectivity index (χ4n) is 7.10. The Morgan fingerprint density at radius 1 is 0.444 bits per heavy atom. The first-order chi connectivity index (χ1) is 26.1. The van der Waals surface area contributed by atoms with Gasteiger partial charge in [0.25, 0.3) is 0 Å². The molecule has 0 unspecified atom stereocenters. The molecule has 0 spiro atoms. The largest absolute Gasteiger partial charge is 3.00 e. The topological polar surface area (TPSA) is 23.6 Å². The van der Waals surface area contributed by atoms with Gasteiger partial charge in [-0.05, 0) is 57.9 Å². The van der Waals surface area contributed by atoms with E-state index in [1.807, 2.05) is 84.9 Å². The smallest absolute Gasteiger partial charge is 0.493 e. The van der Waals surface area contributed by atoms with Crippen molar-refractivity contribution in [2.24, 2.45) is 0 Å². The van der Waals surface area contributed by atoms with Gasteiger partial charge in [-0.25, -0.2) is 0 Å². The third-order valence-corrected chi connectivity index (χ3v) is 12.8. The summed E-state index contributed by atoms with van der Waals surface area (Å²) in [6.45, 7) is 2.12. The molecule has 0 bridgehead atoms. The summed E-state index contributed by atoms with van der Waals surface area (Å²) in [5.74, 6) is 0. The minimum absolute atomic E-state index is 0. The van der Waals surface area contributed by atoms with E-state index < -0.39 is 7.14 Å². The van der Waals surface area contributed by atoms with E-state index in [0.29, 0.717) is 0 Å². The SMILES string of the molecule is O=P(c1[c-]cc2ccccc2c1)(c1ccc2ccccc2c1)c1ccc2ccccc2c1.[Ir+3].[c-]1ccccc1N1[CH-]N(c2ccccc2)c2ccccc21. The van der Waals surface area contributed by atoms with Crippen molar-refractivity contribution in [2.75, 3.05) is 9.80 Å². The van der Waals surface area contributed by atoms with Gasteiger partial charge in [0, 0.05) is 27.7 Å². The summed E-state index contributed by atoms with van der Waals surface area (Å²) in [6, 6.07) is 74.4. The van der Waals surface area contributed by atoms with Gasteiger partial charge in [-0.15, -0.1) is 29.2 Å². The van der Waals surface area contributed by atoms with Gasteiger partial charge in [0.15, 0.2) is 0 Å². The number of para-hydroxylation sites is 4. The maximum Gasteiger partial charge on any atom is 3.00 e. The zero-order valence-electron chi connectivity index (χ0n) is 29.2. The van der Waals surface area contributed by atoms with Crippen molar-refractivity contribution in [3.63, 3.8) is 0 Å². The van der Waals surface area contributed by atoms with Crippen molar-refractivity contribution in [3.8, 4) is 0 Å². The molecule has 10 rings (SSSR count). The predicted octanol–water partition coefficient (Wildman–Crippen LogP) is 11.5. The molecule has 0 fully saturated rings. The maximum absolute atomic E-state index is 15.1. The number of benzene rings is 9. The molecule has 0 saturated carbocycles. The molecular formula is C49H34IrN2OP. The van der Waals surface area contributed by atoms with Crippen LogP contribution in [0.15, 0.2) is 200 Å². The van der Waals surface area contributed by atoms with E-state index in [2.05, 4.69) is 144 Å². The Balaban J connectivity index is 0.000000163. The molecule has 54 heavy (non-hydrogen) atoms. The molecule has 1 heterocycles. The number of hydrogen-bond acceptors (Lipinski definition) is 3. The van der Waals surface area contributed by atoms with Crippen LogP contribution in [0.25, 0.3) is 32.3 Å². The summed E-state index contributed by atoms with van der Waals surface area (Å²) < 4.78 is 15.1. The fraction of sp³-hybridized carbons (Fsp3) is 0. The quantitative estimate of drug-likeness (QED) is 0.127. The molecule has 0 aromatic heterocycles. The summed E-state index contributed by atoms with van der Waals surface area (Å²) in [6.07, 6.45) is 0. The molecule has 0 N–H and O–H groups in total. The number of fused-ring (bicyclic) bond motifs is 4. The van der Waals surface area contributed by atoms with Crippen LogP contribution in [-0.2, 0) is 24.7 Å². The molecule has 5 heteroatoms. The van der Waals surface area contributed by atoms with Crippen molar-refractivity contribution in [3.05, 3.63) is 219 Å². The van der Waals surface area contributed by atoms with Gasteiger partial charge in [0.1, 0.15) is 7.14 Å². The molecule has 0 radical (unpaired) electrons. The van der Waals surface area contributed by atoms with Crippen molar-refractivity contribution in [1.29, 1.82) is 0 Å². The summed E-state index contributed by atoms with van der Waals surface area (Å²) in [5.41, 5.74) is 4.55. The second kappa shape index (κ2) is 15.3. The molecule has 0 atom stereocenters. The summed E-state index contributed by atoms with van der Waals surface area (Å²) >= 11 is 0. The van der Waals surface area contributed by atoms with E-state index in [1.54, 1.807) is 0 Å².